The molecule has 1 saturated carbocycles. The molecule has 1 aliphatic carbocycles. The van der Waals surface area contributed by atoms with Crippen LogP contribution >= 0.6 is 11.8 Å². The Morgan fingerprint density at radius 3 is 2.44 bits per heavy atom. The standard InChI is InChI=1S/C21H22N4OS/c1-24(2)20(26)17-10-8-15(9-11-17)14-27-21-22-19(16-12-13-16)25(23-21)18-6-4-3-5-7-18/h3-11,16H,12-14H2,1-2H3. The lowest BCUT2D eigenvalue weighted by molar-refractivity contribution is 0.0827. The molecule has 1 aliphatic rings. The van der Waals surface area contributed by atoms with Gasteiger partial charge in [-0.05, 0) is 42.7 Å². The van der Waals surface area contributed by atoms with Gasteiger partial charge in [-0.25, -0.2) is 9.67 Å². The number of carbonyl (C=O) groups excluding carboxylic acids is 1. The first-order valence-corrected chi connectivity index (χ1v) is 10.1. The maximum atomic E-state index is 12.0. The third-order valence-corrected chi connectivity index (χ3v) is 5.44. The number of amides is 1. The summed E-state index contributed by atoms with van der Waals surface area (Å²) in [5.41, 5.74) is 2.92. The molecule has 5 nitrogen and oxygen atoms in total. The highest BCUT2D eigenvalue weighted by molar-refractivity contribution is 7.98. The molecule has 0 atom stereocenters. The molecule has 0 aliphatic heterocycles. The molecule has 0 N–H and O–H groups in total. The van der Waals surface area contributed by atoms with E-state index in [9.17, 15) is 4.79 Å². The minimum atomic E-state index is 0.0200. The van der Waals surface area contributed by atoms with E-state index in [-0.39, 0.29) is 5.91 Å². The van der Waals surface area contributed by atoms with Gasteiger partial charge in [0.05, 0.1) is 5.69 Å². The highest BCUT2D eigenvalue weighted by Gasteiger charge is 2.30. The van der Waals surface area contributed by atoms with Crippen molar-refractivity contribution in [1.29, 1.82) is 0 Å². The van der Waals surface area contributed by atoms with Gasteiger partial charge in [0.1, 0.15) is 5.82 Å². The first kappa shape index (κ1) is 17.8. The van der Waals surface area contributed by atoms with Crippen molar-refractivity contribution in [3.63, 3.8) is 0 Å². The summed E-state index contributed by atoms with van der Waals surface area (Å²) in [6.07, 6.45) is 2.38. The van der Waals surface area contributed by atoms with Gasteiger partial charge in [0.15, 0.2) is 0 Å². The number of para-hydroxylation sites is 1. The summed E-state index contributed by atoms with van der Waals surface area (Å²) in [7, 11) is 3.52. The van der Waals surface area contributed by atoms with E-state index in [0.29, 0.717) is 11.5 Å². The molecule has 4 rings (SSSR count). The normalized spacial score (nSPS) is 13.6. The third kappa shape index (κ3) is 4.06. The first-order chi connectivity index (χ1) is 13.1. The van der Waals surface area contributed by atoms with E-state index in [4.69, 9.17) is 10.1 Å². The van der Waals surface area contributed by atoms with Crippen molar-refractivity contribution in [2.45, 2.75) is 29.7 Å². The van der Waals surface area contributed by atoms with E-state index in [1.54, 1.807) is 30.8 Å². The van der Waals surface area contributed by atoms with Gasteiger partial charge in [-0.3, -0.25) is 4.79 Å². The van der Waals surface area contributed by atoms with Crippen LogP contribution in [0.25, 0.3) is 5.69 Å². The summed E-state index contributed by atoms with van der Waals surface area (Å²) in [6, 6.07) is 17.9. The van der Waals surface area contributed by atoms with Gasteiger partial charge in [-0.15, -0.1) is 5.10 Å². The lowest BCUT2D eigenvalue weighted by Gasteiger charge is -2.10. The van der Waals surface area contributed by atoms with Crippen LogP contribution in [0, 0.1) is 0 Å². The van der Waals surface area contributed by atoms with E-state index in [1.807, 2.05) is 47.1 Å². The Hall–Kier alpha value is -2.60. The summed E-state index contributed by atoms with van der Waals surface area (Å²) in [5.74, 6) is 2.39. The van der Waals surface area contributed by atoms with Crippen molar-refractivity contribution in [2.24, 2.45) is 0 Å². The minimum absolute atomic E-state index is 0.0200. The van der Waals surface area contributed by atoms with Gasteiger partial charge < -0.3 is 4.90 Å². The van der Waals surface area contributed by atoms with Crippen LogP contribution in [0.5, 0.6) is 0 Å². The fourth-order valence-electron chi connectivity index (χ4n) is 2.88. The number of thioether (sulfide) groups is 1. The van der Waals surface area contributed by atoms with Crippen molar-refractivity contribution in [3.05, 3.63) is 71.5 Å². The predicted molar refractivity (Wildman–Crippen MR) is 107 cm³/mol. The van der Waals surface area contributed by atoms with E-state index in [1.165, 1.54) is 12.8 Å². The highest BCUT2D eigenvalue weighted by Crippen LogP contribution is 2.40. The van der Waals surface area contributed by atoms with Gasteiger partial charge in [0.25, 0.3) is 5.91 Å². The molecule has 1 aromatic heterocycles. The fourth-order valence-corrected chi connectivity index (χ4v) is 3.67. The van der Waals surface area contributed by atoms with Crippen LogP contribution in [0.3, 0.4) is 0 Å². The summed E-state index contributed by atoms with van der Waals surface area (Å²) in [5, 5.41) is 5.53. The van der Waals surface area contributed by atoms with Crippen LogP contribution in [0.2, 0.25) is 0 Å². The zero-order chi connectivity index (χ0) is 18.8. The van der Waals surface area contributed by atoms with E-state index in [2.05, 4.69) is 12.1 Å². The quantitative estimate of drug-likeness (QED) is 0.605. The smallest absolute Gasteiger partial charge is 0.253 e. The maximum absolute atomic E-state index is 12.0. The van der Waals surface area contributed by atoms with Gasteiger partial charge in [-0.1, -0.05) is 42.1 Å². The SMILES string of the molecule is CN(C)C(=O)c1ccc(CSc2nc(C3CC3)n(-c3ccccc3)n2)cc1. The Kier molecular flexibility index (Phi) is 4.99. The van der Waals surface area contributed by atoms with Gasteiger partial charge in [-0.2, -0.15) is 0 Å². The number of benzene rings is 2. The zero-order valence-corrected chi connectivity index (χ0v) is 16.3. The molecule has 1 heterocycles. The summed E-state index contributed by atoms with van der Waals surface area (Å²) in [6.45, 7) is 0. The molecular formula is C21H22N4OS. The van der Waals surface area contributed by atoms with Gasteiger partial charge in [0.2, 0.25) is 5.16 Å². The van der Waals surface area contributed by atoms with Crippen LogP contribution in [-0.4, -0.2) is 39.7 Å². The second kappa shape index (κ2) is 7.56. The lowest BCUT2D eigenvalue weighted by atomic mass is 10.1. The number of nitrogens with zero attached hydrogens (tertiary/aromatic N) is 4. The van der Waals surface area contributed by atoms with Gasteiger partial charge >= 0.3 is 0 Å². The van der Waals surface area contributed by atoms with E-state index < -0.39 is 0 Å². The van der Waals surface area contributed by atoms with E-state index >= 15 is 0 Å². The molecule has 27 heavy (non-hydrogen) atoms. The largest absolute Gasteiger partial charge is 0.345 e. The fraction of sp³-hybridized carbons (Fsp3) is 0.286. The minimum Gasteiger partial charge on any atom is -0.345 e. The average molecular weight is 379 g/mol. The highest BCUT2D eigenvalue weighted by atomic mass is 32.2. The molecule has 0 saturated heterocycles. The number of carbonyl (C=O) groups is 1. The molecule has 0 unspecified atom stereocenters. The second-order valence-electron chi connectivity index (χ2n) is 6.96. The van der Waals surface area contributed by atoms with Crippen molar-refractivity contribution < 1.29 is 4.79 Å². The predicted octanol–water partition coefficient (Wildman–Crippen LogP) is 4.14. The van der Waals surface area contributed by atoms with Crippen LogP contribution in [0.4, 0.5) is 0 Å². The van der Waals surface area contributed by atoms with Crippen molar-refractivity contribution in [2.75, 3.05) is 14.1 Å². The number of hydrogen-bond donors (Lipinski definition) is 0. The Morgan fingerprint density at radius 2 is 1.81 bits per heavy atom. The Balaban J connectivity index is 1.48. The maximum Gasteiger partial charge on any atom is 0.253 e. The molecule has 138 valence electrons. The molecule has 1 fully saturated rings. The van der Waals surface area contributed by atoms with E-state index in [0.717, 1.165) is 28.0 Å². The molecular weight excluding hydrogens is 356 g/mol. The van der Waals surface area contributed by atoms with Crippen molar-refractivity contribution in [3.8, 4) is 5.69 Å². The lowest BCUT2D eigenvalue weighted by Crippen LogP contribution is -2.21. The molecule has 1 amide bonds. The molecule has 0 bridgehead atoms. The Morgan fingerprint density at radius 1 is 1.11 bits per heavy atom. The van der Waals surface area contributed by atoms with Crippen molar-refractivity contribution in [1.82, 2.24) is 19.7 Å². The number of rotatable bonds is 6. The molecule has 3 aromatic rings. The summed E-state index contributed by atoms with van der Waals surface area (Å²) < 4.78 is 1.98. The van der Waals surface area contributed by atoms with Crippen LogP contribution in [0.15, 0.2) is 59.8 Å². The van der Waals surface area contributed by atoms with Crippen molar-refractivity contribution >= 4 is 17.7 Å². The Bertz CT molecular complexity index is 931. The molecule has 0 radical (unpaired) electrons. The van der Waals surface area contributed by atoms with Gasteiger partial charge in [0, 0.05) is 31.3 Å². The monoisotopic (exact) mass is 378 g/mol. The Labute approximate surface area is 163 Å². The second-order valence-corrected chi connectivity index (χ2v) is 7.90. The summed E-state index contributed by atoms with van der Waals surface area (Å²) >= 11 is 1.63. The summed E-state index contributed by atoms with van der Waals surface area (Å²) in [4.78, 5) is 18.4. The van der Waals surface area contributed by atoms with Crippen LogP contribution < -0.4 is 0 Å². The number of hydrogen-bond acceptors (Lipinski definition) is 4. The molecule has 6 heteroatoms. The molecule has 0 spiro atoms. The van der Waals surface area contributed by atoms with Crippen LogP contribution in [0.1, 0.15) is 40.5 Å². The first-order valence-electron chi connectivity index (χ1n) is 9.07. The third-order valence-electron chi connectivity index (χ3n) is 4.53. The molecule has 2 aromatic carbocycles. The number of aromatic nitrogens is 3. The van der Waals surface area contributed by atoms with Crippen LogP contribution in [-0.2, 0) is 5.75 Å². The topological polar surface area (TPSA) is 51.0 Å². The zero-order valence-electron chi connectivity index (χ0n) is 15.5. The average Bonchev–Trinajstić information content (AvgIpc) is 3.46.